The van der Waals surface area contributed by atoms with E-state index < -0.39 is 11.9 Å². The summed E-state index contributed by atoms with van der Waals surface area (Å²) in [7, 11) is 2.83. The molecule has 1 fully saturated rings. The van der Waals surface area contributed by atoms with Gasteiger partial charge in [0.1, 0.15) is 24.6 Å². The zero-order valence-electron chi connectivity index (χ0n) is 22.0. The monoisotopic (exact) mass is 600 g/mol. The highest BCUT2D eigenvalue weighted by molar-refractivity contribution is 7.80. The second-order valence-corrected chi connectivity index (χ2v) is 9.69. The van der Waals surface area contributed by atoms with Crippen LogP contribution in [-0.4, -0.2) is 49.3 Å². The van der Waals surface area contributed by atoms with Crippen LogP contribution in [0.4, 0.5) is 5.69 Å². The molecule has 0 unspecified atom stereocenters. The smallest absolute Gasteiger partial charge is 0.325 e. The first-order valence-corrected chi connectivity index (χ1v) is 13.3. The molecule has 208 valence electrons. The van der Waals surface area contributed by atoms with Crippen molar-refractivity contribution >= 4 is 64.2 Å². The van der Waals surface area contributed by atoms with Crippen LogP contribution in [0.2, 0.25) is 10.0 Å². The fourth-order valence-corrected chi connectivity index (χ4v) is 4.75. The highest BCUT2D eigenvalue weighted by atomic mass is 35.5. The predicted molar refractivity (Wildman–Crippen MR) is 158 cm³/mol. The van der Waals surface area contributed by atoms with Gasteiger partial charge in [0.25, 0.3) is 5.91 Å². The molecule has 0 radical (unpaired) electrons. The number of thiocarbonyl (C=S) groups is 1. The summed E-state index contributed by atoms with van der Waals surface area (Å²) >= 11 is 17.9. The number of hydrogen-bond acceptors (Lipinski definition) is 7. The molecular formula is C29H26Cl2N2O6S. The van der Waals surface area contributed by atoms with E-state index in [0.29, 0.717) is 45.2 Å². The van der Waals surface area contributed by atoms with E-state index in [9.17, 15) is 9.59 Å². The topological polar surface area (TPSA) is 77.5 Å². The highest BCUT2D eigenvalue weighted by Crippen LogP contribution is 2.34. The van der Waals surface area contributed by atoms with Gasteiger partial charge in [-0.3, -0.25) is 14.5 Å². The van der Waals surface area contributed by atoms with Crippen LogP contribution in [0.3, 0.4) is 0 Å². The summed E-state index contributed by atoms with van der Waals surface area (Å²) in [4.78, 5) is 28.6. The SMILES string of the molecule is CCOc1cc(/C=C2/C(=O)N(c3ccc(OC)cc3)C(=S)N2CC(=O)OC)ccc1OCc1ccc(Cl)cc1Cl. The lowest BCUT2D eigenvalue weighted by molar-refractivity contribution is -0.140. The lowest BCUT2D eigenvalue weighted by atomic mass is 10.1. The summed E-state index contributed by atoms with van der Waals surface area (Å²) in [5.41, 5.74) is 2.14. The van der Waals surface area contributed by atoms with Crippen molar-refractivity contribution in [3.05, 3.63) is 87.5 Å². The van der Waals surface area contributed by atoms with Gasteiger partial charge >= 0.3 is 5.97 Å². The Morgan fingerprint density at radius 2 is 1.73 bits per heavy atom. The van der Waals surface area contributed by atoms with E-state index >= 15 is 0 Å². The normalized spacial score (nSPS) is 14.1. The average Bonchev–Trinajstić information content (AvgIpc) is 3.17. The van der Waals surface area contributed by atoms with Crippen LogP contribution >= 0.6 is 35.4 Å². The molecule has 0 spiro atoms. The molecular weight excluding hydrogens is 575 g/mol. The Kier molecular flexibility index (Phi) is 9.52. The quantitative estimate of drug-likeness (QED) is 0.156. The van der Waals surface area contributed by atoms with E-state index in [0.717, 1.165) is 5.56 Å². The van der Waals surface area contributed by atoms with Gasteiger partial charge in [0.2, 0.25) is 0 Å². The molecule has 0 atom stereocenters. The van der Waals surface area contributed by atoms with Crippen molar-refractivity contribution in [2.45, 2.75) is 13.5 Å². The first-order chi connectivity index (χ1) is 19.2. The summed E-state index contributed by atoms with van der Waals surface area (Å²) in [6.07, 6.45) is 1.64. The molecule has 1 saturated heterocycles. The van der Waals surface area contributed by atoms with Crippen LogP contribution in [0, 0.1) is 0 Å². The average molecular weight is 602 g/mol. The third-order valence-corrected chi connectivity index (χ3v) is 6.94. The number of halogens is 2. The molecule has 11 heteroatoms. The van der Waals surface area contributed by atoms with E-state index in [1.165, 1.54) is 16.9 Å². The Labute approximate surface area is 247 Å². The van der Waals surface area contributed by atoms with Crippen LogP contribution in [0.5, 0.6) is 17.2 Å². The van der Waals surface area contributed by atoms with Gasteiger partial charge in [-0.25, -0.2) is 0 Å². The molecule has 1 aliphatic rings. The van der Waals surface area contributed by atoms with Gasteiger partial charge in [0, 0.05) is 15.6 Å². The number of hydrogen-bond donors (Lipinski definition) is 0. The molecule has 1 amide bonds. The lowest BCUT2D eigenvalue weighted by Crippen LogP contribution is -2.35. The van der Waals surface area contributed by atoms with Gasteiger partial charge in [-0.2, -0.15) is 0 Å². The van der Waals surface area contributed by atoms with E-state index in [1.54, 1.807) is 73.8 Å². The number of esters is 1. The molecule has 1 aliphatic heterocycles. The van der Waals surface area contributed by atoms with Gasteiger partial charge in [0.05, 0.1) is 26.5 Å². The van der Waals surface area contributed by atoms with Crippen molar-refractivity contribution in [2.24, 2.45) is 0 Å². The first-order valence-electron chi connectivity index (χ1n) is 12.2. The van der Waals surface area contributed by atoms with E-state index in [4.69, 9.17) is 54.4 Å². The fraction of sp³-hybridized carbons (Fsp3) is 0.207. The van der Waals surface area contributed by atoms with Crippen LogP contribution < -0.4 is 19.1 Å². The van der Waals surface area contributed by atoms with Gasteiger partial charge in [-0.1, -0.05) is 35.3 Å². The van der Waals surface area contributed by atoms with Crippen molar-refractivity contribution in [3.63, 3.8) is 0 Å². The molecule has 4 rings (SSSR count). The Morgan fingerprint density at radius 3 is 2.38 bits per heavy atom. The highest BCUT2D eigenvalue weighted by Gasteiger charge is 2.40. The number of benzene rings is 3. The van der Waals surface area contributed by atoms with E-state index in [-0.39, 0.29) is 24.0 Å². The number of amides is 1. The summed E-state index contributed by atoms with van der Waals surface area (Å²) in [6.45, 7) is 2.21. The second-order valence-electron chi connectivity index (χ2n) is 8.48. The van der Waals surface area contributed by atoms with E-state index in [2.05, 4.69) is 0 Å². The minimum absolute atomic E-state index is 0.150. The second kappa shape index (κ2) is 13.0. The number of ether oxygens (including phenoxy) is 4. The maximum atomic E-state index is 13.6. The standard InChI is InChI=1S/C29H26Cl2N2O6S/c1-4-38-26-14-18(5-12-25(26)39-17-19-6-7-20(30)15-23(19)31)13-24-28(35)33(21-8-10-22(36-2)11-9-21)29(40)32(24)16-27(34)37-3/h5-15H,4,16-17H2,1-3H3/b24-13-. The molecule has 1 heterocycles. The fourth-order valence-electron chi connectivity index (χ4n) is 3.94. The summed E-state index contributed by atoms with van der Waals surface area (Å²) in [5, 5.41) is 1.18. The molecule has 0 aromatic heterocycles. The van der Waals surface area contributed by atoms with Crippen molar-refractivity contribution in [1.29, 1.82) is 0 Å². The Morgan fingerprint density at radius 1 is 0.975 bits per heavy atom. The number of methoxy groups -OCH3 is 2. The lowest BCUT2D eigenvalue weighted by Gasteiger charge is -2.19. The van der Waals surface area contributed by atoms with Crippen molar-refractivity contribution in [2.75, 3.05) is 32.3 Å². The number of anilines is 1. The third kappa shape index (κ3) is 6.50. The van der Waals surface area contributed by atoms with Crippen LogP contribution in [-0.2, 0) is 20.9 Å². The van der Waals surface area contributed by atoms with Gasteiger partial charge < -0.3 is 23.8 Å². The van der Waals surface area contributed by atoms with Gasteiger partial charge in [0.15, 0.2) is 16.6 Å². The number of nitrogens with zero attached hydrogens (tertiary/aromatic N) is 2. The zero-order valence-corrected chi connectivity index (χ0v) is 24.3. The number of carbonyl (C=O) groups excluding carboxylic acids is 2. The van der Waals surface area contributed by atoms with Crippen LogP contribution in [0.1, 0.15) is 18.1 Å². The minimum Gasteiger partial charge on any atom is -0.497 e. The number of rotatable bonds is 10. The Bertz CT molecular complexity index is 1460. The van der Waals surface area contributed by atoms with Crippen LogP contribution in [0.15, 0.2) is 66.4 Å². The number of carbonyl (C=O) groups is 2. The van der Waals surface area contributed by atoms with Gasteiger partial charge in [-0.05, 0) is 79.3 Å². The third-order valence-electron chi connectivity index (χ3n) is 5.95. The largest absolute Gasteiger partial charge is 0.497 e. The molecule has 0 bridgehead atoms. The summed E-state index contributed by atoms with van der Waals surface area (Å²) < 4.78 is 21.9. The molecule has 0 N–H and O–H groups in total. The predicted octanol–water partition coefficient (Wildman–Crippen LogP) is 6.13. The minimum atomic E-state index is -0.544. The van der Waals surface area contributed by atoms with Crippen LogP contribution in [0.25, 0.3) is 6.08 Å². The first kappa shape index (κ1) is 29.2. The Balaban J connectivity index is 1.66. The maximum absolute atomic E-state index is 13.6. The molecule has 3 aromatic carbocycles. The molecule has 8 nitrogen and oxygen atoms in total. The molecule has 40 heavy (non-hydrogen) atoms. The molecule has 0 aliphatic carbocycles. The van der Waals surface area contributed by atoms with E-state index in [1.807, 2.05) is 6.92 Å². The molecule has 3 aromatic rings. The van der Waals surface area contributed by atoms with Crippen molar-refractivity contribution in [1.82, 2.24) is 4.90 Å². The molecule has 0 saturated carbocycles. The summed E-state index contributed by atoms with van der Waals surface area (Å²) in [5.74, 6) is 0.663. The summed E-state index contributed by atoms with van der Waals surface area (Å²) in [6, 6.07) is 17.3. The van der Waals surface area contributed by atoms with Gasteiger partial charge in [-0.15, -0.1) is 0 Å². The zero-order chi connectivity index (χ0) is 28.8. The van der Waals surface area contributed by atoms with Crippen molar-refractivity contribution < 1.29 is 28.5 Å². The van der Waals surface area contributed by atoms with Crippen molar-refractivity contribution in [3.8, 4) is 17.2 Å². The Hall–Kier alpha value is -3.79. The maximum Gasteiger partial charge on any atom is 0.325 e.